The maximum absolute atomic E-state index is 9.20. The summed E-state index contributed by atoms with van der Waals surface area (Å²) in [6, 6.07) is 27.0. The van der Waals surface area contributed by atoms with Gasteiger partial charge in [0.2, 0.25) is 0 Å². The minimum absolute atomic E-state index is 0.155. The smallest absolute Gasteiger partial charge is 0.141 e. The fraction of sp³-hybridized carbons (Fsp3) is 0.400. The molecule has 4 aromatic rings. The van der Waals surface area contributed by atoms with Gasteiger partial charge in [0.15, 0.2) is 0 Å². The molecule has 0 bridgehead atoms. The number of aliphatic imine (C=N–C) groups is 1. The number of nitrogens with one attached hydrogen (secondary N) is 1. The van der Waals surface area contributed by atoms with Crippen LogP contribution in [-0.2, 0) is 5.41 Å². The molecule has 0 saturated carbocycles. The van der Waals surface area contributed by atoms with Crippen LogP contribution in [0.15, 0.2) is 89.4 Å². The van der Waals surface area contributed by atoms with Crippen LogP contribution in [-0.4, -0.2) is 17.2 Å². The van der Waals surface area contributed by atoms with Gasteiger partial charge in [0.25, 0.3) is 0 Å². The van der Waals surface area contributed by atoms with Crippen LogP contribution in [0.3, 0.4) is 0 Å². The van der Waals surface area contributed by atoms with E-state index >= 15 is 0 Å². The second kappa shape index (κ2) is 11.4. The molecule has 43 heavy (non-hydrogen) atoms. The lowest BCUT2D eigenvalue weighted by atomic mass is 9.61. The second-order valence-electron chi connectivity index (χ2n) is 13.0. The Labute approximate surface area is 258 Å². The van der Waals surface area contributed by atoms with E-state index in [1.165, 1.54) is 57.5 Å². The van der Waals surface area contributed by atoms with E-state index in [1.54, 1.807) is 0 Å². The zero-order valence-electron chi connectivity index (χ0n) is 26.9. The van der Waals surface area contributed by atoms with Crippen molar-refractivity contribution in [2.24, 2.45) is 4.99 Å². The predicted molar refractivity (Wildman–Crippen MR) is 186 cm³/mol. The number of benzene rings is 4. The van der Waals surface area contributed by atoms with Crippen LogP contribution < -0.4 is 4.90 Å². The Bertz CT molecular complexity index is 1760. The Morgan fingerprint density at radius 2 is 1.65 bits per heavy atom. The van der Waals surface area contributed by atoms with Crippen molar-refractivity contribution < 1.29 is 0 Å². The third kappa shape index (κ3) is 4.63. The number of amidine groups is 2. The summed E-state index contributed by atoms with van der Waals surface area (Å²) < 4.78 is 0. The molecule has 0 radical (unpaired) electrons. The fourth-order valence-electron chi connectivity index (χ4n) is 8.31. The van der Waals surface area contributed by atoms with Crippen molar-refractivity contribution in [1.82, 2.24) is 0 Å². The molecule has 0 spiro atoms. The molecule has 0 saturated heterocycles. The number of anilines is 1. The summed E-state index contributed by atoms with van der Waals surface area (Å²) in [4.78, 5) is 7.92. The van der Waals surface area contributed by atoms with Crippen LogP contribution in [0.1, 0.15) is 109 Å². The molecule has 222 valence electrons. The van der Waals surface area contributed by atoms with Gasteiger partial charge >= 0.3 is 0 Å². The number of nitrogens with zero attached hydrogens (tertiary/aromatic N) is 2. The second-order valence-corrected chi connectivity index (χ2v) is 13.0. The zero-order chi connectivity index (χ0) is 30.4. The molecule has 1 aliphatic carbocycles. The summed E-state index contributed by atoms with van der Waals surface area (Å²) >= 11 is 0. The topological polar surface area (TPSA) is 39.5 Å². The Morgan fingerprint density at radius 1 is 0.907 bits per heavy atom. The van der Waals surface area contributed by atoms with E-state index in [-0.39, 0.29) is 11.0 Å². The van der Waals surface area contributed by atoms with Gasteiger partial charge in [-0.15, -0.1) is 0 Å². The van der Waals surface area contributed by atoms with Gasteiger partial charge in [-0.05, 0) is 97.4 Å². The minimum atomic E-state index is -0.268. The van der Waals surface area contributed by atoms with E-state index in [0.717, 1.165) is 42.8 Å². The van der Waals surface area contributed by atoms with Crippen LogP contribution in [0.25, 0.3) is 21.5 Å². The maximum Gasteiger partial charge on any atom is 0.141 e. The number of hydrogen-bond acceptors (Lipinski definition) is 2. The van der Waals surface area contributed by atoms with Crippen molar-refractivity contribution >= 4 is 38.9 Å². The highest BCUT2D eigenvalue weighted by molar-refractivity contribution is 6.28. The standard InChI is InChI=1S/C40H47N3/c1-7-11-15-29(8-2)32-20-21-34-33(22-32)18-14-19-37(34)43(28(6)41)38-35-23-30-16-12-13-17-31(30)24-36(35)39(9-3)25-27(5)26-40(39,10-4)42-38/h12-14,16-25,29,41H,7-11,15,26H2,1-6H3. The molecule has 1 N–H and O–H groups in total. The largest absolute Gasteiger partial charge is 0.288 e. The van der Waals surface area contributed by atoms with Gasteiger partial charge in [0, 0.05) is 16.4 Å². The number of fused-ring (bicyclic) bond motifs is 5. The predicted octanol–water partition coefficient (Wildman–Crippen LogP) is 11.1. The van der Waals surface area contributed by atoms with Crippen molar-refractivity contribution in [2.75, 3.05) is 4.90 Å². The van der Waals surface area contributed by atoms with E-state index in [4.69, 9.17) is 4.99 Å². The summed E-state index contributed by atoms with van der Waals surface area (Å²) in [6.07, 6.45) is 10.3. The first-order chi connectivity index (χ1) is 20.8. The molecule has 3 nitrogen and oxygen atoms in total. The van der Waals surface area contributed by atoms with Gasteiger partial charge in [-0.3, -0.25) is 15.3 Å². The summed E-state index contributed by atoms with van der Waals surface area (Å²) in [5.74, 6) is 1.98. The Kier molecular flexibility index (Phi) is 7.79. The highest BCUT2D eigenvalue weighted by Gasteiger charge is 2.56. The highest BCUT2D eigenvalue weighted by atomic mass is 15.2. The van der Waals surface area contributed by atoms with Gasteiger partial charge < -0.3 is 0 Å². The molecule has 3 heteroatoms. The molecule has 1 heterocycles. The summed E-state index contributed by atoms with van der Waals surface area (Å²) in [7, 11) is 0. The molecular weight excluding hydrogens is 522 g/mol. The SMILES string of the molecule is CCCCC(CC)c1ccc2c(N(C(C)=N)C3=NC4(CC)CC(C)=CC4(CC)c4cc5ccccc5cc43)cccc2c1. The van der Waals surface area contributed by atoms with Crippen LogP contribution in [0.4, 0.5) is 5.69 Å². The van der Waals surface area contributed by atoms with Crippen LogP contribution in [0.2, 0.25) is 0 Å². The number of hydrogen-bond donors (Lipinski definition) is 1. The molecule has 0 amide bonds. The zero-order valence-corrected chi connectivity index (χ0v) is 26.9. The molecular formula is C40H47N3. The first kappa shape index (κ1) is 29.4. The molecule has 1 aliphatic heterocycles. The molecule has 4 aromatic carbocycles. The first-order valence-corrected chi connectivity index (χ1v) is 16.5. The summed E-state index contributed by atoms with van der Waals surface area (Å²) in [5, 5.41) is 14.1. The average Bonchev–Trinajstić information content (AvgIpc) is 3.33. The Morgan fingerprint density at radius 3 is 2.33 bits per heavy atom. The van der Waals surface area contributed by atoms with E-state index in [1.807, 2.05) is 6.92 Å². The van der Waals surface area contributed by atoms with E-state index in [0.29, 0.717) is 11.8 Å². The van der Waals surface area contributed by atoms with Gasteiger partial charge in [0.1, 0.15) is 11.7 Å². The van der Waals surface area contributed by atoms with Crippen molar-refractivity contribution in [3.05, 3.63) is 101 Å². The third-order valence-corrected chi connectivity index (χ3v) is 10.5. The number of rotatable bonds is 8. The van der Waals surface area contributed by atoms with E-state index in [2.05, 4.69) is 118 Å². The van der Waals surface area contributed by atoms with Crippen LogP contribution >= 0.6 is 0 Å². The molecule has 0 fully saturated rings. The third-order valence-electron chi connectivity index (χ3n) is 10.5. The van der Waals surface area contributed by atoms with Crippen molar-refractivity contribution in [1.29, 1.82) is 5.41 Å². The Balaban J connectivity index is 1.59. The number of unbranched alkanes of at least 4 members (excludes halogenated alkanes) is 1. The molecule has 6 rings (SSSR count). The van der Waals surface area contributed by atoms with E-state index < -0.39 is 0 Å². The van der Waals surface area contributed by atoms with Gasteiger partial charge in [-0.1, -0.05) is 107 Å². The van der Waals surface area contributed by atoms with E-state index in [9.17, 15) is 5.41 Å². The normalized spacial score (nSPS) is 21.7. The van der Waals surface area contributed by atoms with Gasteiger partial charge in [0.05, 0.1) is 11.2 Å². The fourth-order valence-corrected chi connectivity index (χ4v) is 8.31. The Hall–Kier alpha value is -3.72. The maximum atomic E-state index is 9.20. The molecule has 2 aliphatic rings. The monoisotopic (exact) mass is 569 g/mol. The average molecular weight is 570 g/mol. The van der Waals surface area contributed by atoms with Crippen molar-refractivity contribution in [3.63, 3.8) is 0 Å². The van der Waals surface area contributed by atoms with Crippen molar-refractivity contribution in [2.45, 2.75) is 103 Å². The molecule has 3 unspecified atom stereocenters. The summed E-state index contributed by atoms with van der Waals surface area (Å²) in [6.45, 7) is 13.4. The lowest BCUT2D eigenvalue weighted by Crippen LogP contribution is -2.53. The first-order valence-electron chi connectivity index (χ1n) is 16.5. The summed E-state index contributed by atoms with van der Waals surface area (Å²) in [5.41, 5.74) is 5.96. The van der Waals surface area contributed by atoms with Gasteiger partial charge in [-0.2, -0.15) is 0 Å². The lowest BCUT2D eigenvalue weighted by molar-refractivity contribution is 0.267. The van der Waals surface area contributed by atoms with Crippen molar-refractivity contribution in [3.8, 4) is 0 Å². The highest BCUT2D eigenvalue weighted by Crippen LogP contribution is 2.57. The quantitative estimate of drug-likeness (QED) is 0.128. The molecule has 3 atom stereocenters. The van der Waals surface area contributed by atoms with Crippen LogP contribution in [0.5, 0.6) is 0 Å². The molecule has 0 aromatic heterocycles. The van der Waals surface area contributed by atoms with Crippen LogP contribution in [0, 0.1) is 5.41 Å². The minimum Gasteiger partial charge on any atom is -0.288 e. The lowest BCUT2D eigenvalue weighted by Gasteiger charge is -2.48. The van der Waals surface area contributed by atoms with Gasteiger partial charge in [-0.25, -0.2) is 0 Å².